The summed E-state index contributed by atoms with van der Waals surface area (Å²) in [5.74, 6) is 0. The molecule has 0 aromatic heterocycles. The zero-order valence-corrected chi connectivity index (χ0v) is 14.7. The maximum Gasteiger partial charge on any atom is 0.101 e. The number of rotatable bonds is 14. The molecule has 0 aromatic rings. The van der Waals surface area contributed by atoms with Crippen molar-refractivity contribution in [3.8, 4) is 0 Å². The van der Waals surface area contributed by atoms with Crippen molar-refractivity contribution in [1.29, 1.82) is 0 Å². The lowest BCUT2D eigenvalue weighted by atomic mass is 10.1. The summed E-state index contributed by atoms with van der Waals surface area (Å²) < 4.78 is 5.79. The van der Waals surface area contributed by atoms with Crippen LogP contribution in [-0.2, 0) is 4.74 Å². The fraction of sp³-hybridized carbons (Fsp3) is 1.00. The Hall–Kier alpha value is 0.660. The highest BCUT2D eigenvalue weighted by Gasteiger charge is 2.09. The van der Waals surface area contributed by atoms with Gasteiger partial charge in [0, 0.05) is 0 Å². The normalized spacial score (nSPS) is 14.5. The van der Waals surface area contributed by atoms with Gasteiger partial charge in [-0.05, 0) is 12.8 Å². The van der Waals surface area contributed by atoms with Gasteiger partial charge in [0.25, 0.3) is 0 Å². The third-order valence-electron chi connectivity index (χ3n) is 3.42. The lowest BCUT2D eigenvalue weighted by molar-refractivity contribution is 0.0809. The lowest BCUT2D eigenvalue weighted by Crippen LogP contribution is -2.13. The molecule has 2 unspecified atom stereocenters. The highest BCUT2D eigenvalue weighted by Crippen LogP contribution is 2.18. The van der Waals surface area contributed by atoms with Gasteiger partial charge in [-0.15, -0.1) is 25.3 Å². The highest BCUT2D eigenvalue weighted by molar-refractivity contribution is 7.81. The van der Waals surface area contributed by atoms with Crippen LogP contribution in [0.3, 0.4) is 0 Å². The van der Waals surface area contributed by atoms with Gasteiger partial charge in [-0.3, -0.25) is 0 Å². The van der Waals surface area contributed by atoms with Crippen LogP contribution in [0.4, 0.5) is 0 Å². The van der Waals surface area contributed by atoms with E-state index in [1.54, 1.807) is 0 Å². The predicted octanol–water partition coefficient (Wildman–Crippen LogP) is 6.24. The number of ether oxygens (including phenoxy) is 1. The molecule has 0 fully saturated rings. The number of unbranched alkanes of at least 4 members (excludes halogenated alkanes) is 8. The first-order valence-corrected chi connectivity index (χ1v) is 9.25. The van der Waals surface area contributed by atoms with Gasteiger partial charge in [-0.2, -0.15) is 0 Å². The van der Waals surface area contributed by atoms with Crippen LogP contribution in [0.25, 0.3) is 0 Å². The van der Waals surface area contributed by atoms with Gasteiger partial charge in [0.2, 0.25) is 0 Å². The van der Waals surface area contributed by atoms with Gasteiger partial charge in [0.1, 0.15) is 10.9 Å². The molecule has 0 radical (unpaired) electrons. The molecular formula is C16H34OS2. The summed E-state index contributed by atoms with van der Waals surface area (Å²) in [4.78, 5) is 0. The molecule has 0 bridgehead atoms. The van der Waals surface area contributed by atoms with Crippen LogP contribution < -0.4 is 0 Å². The van der Waals surface area contributed by atoms with Gasteiger partial charge < -0.3 is 4.74 Å². The van der Waals surface area contributed by atoms with E-state index in [9.17, 15) is 0 Å². The van der Waals surface area contributed by atoms with E-state index < -0.39 is 0 Å². The molecule has 3 heteroatoms. The summed E-state index contributed by atoms with van der Waals surface area (Å²) in [5.41, 5.74) is 0.138. The van der Waals surface area contributed by atoms with Crippen molar-refractivity contribution in [2.24, 2.45) is 0 Å². The number of hydrogen-bond donors (Lipinski definition) is 2. The molecule has 0 saturated heterocycles. The van der Waals surface area contributed by atoms with Crippen LogP contribution in [0.1, 0.15) is 90.9 Å². The fourth-order valence-electron chi connectivity index (χ4n) is 2.16. The van der Waals surface area contributed by atoms with Crippen molar-refractivity contribution in [2.45, 2.75) is 102 Å². The minimum Gasteiger partial charge on any atom is -0.354 e. The van der Waals surface area contributed by atoms with Crippen molar-refractivity contribution in [2.75, 3.05) is 0 Å². The van der Waals surface area contributed by atoms with E-state index in [2.05, 4.69) is 39.1 Å². The zero-order chi connectivity index (χ0) is 14.3. The van der Waals surface area contributed by atoms with E-state index in [1.165, 1.54) is 64.2 Å². The standard InChI is InChI=1S/C16H34OS2/c1-3-5-7-9-11-13-15(18)17-16(19)14-12-10-8-6-4-2/h15-16,18-19H,3-14H2,1-2H3. The third-order valence-corrected chi connectivity index (χ3v) is 4.18. The smallest absolute Gasteiger partial charge is 0.101 e. The van der Waals surface area contributed by atoms with Crippen molar-refractivity contribution in [3.63, 3.8) is 0 Å². The Balaban J connectivity index is 3.34. The minimum absolute atomic E-state index is 0.0692. The first kappa shape index (κ1) is 19.7. The van der Waals surface area contributed by atoms with E-state index in [0.29, 0.717) is 0 Å². The van der Waals surface area contributed by atoms with Crippen LogP contribution in [0.5, 0.6) is 0 Å². The zero-order valence-electron chi connectivity index (χ0n) is 12.9. The van der Waals surface area contributed by atoms with Crippen LogP contribution in [0.15, 0.2) is 0 Å². The van der Waals surface area contributed by atoms with E-state index in [1.807, 2.05) is 0 Å². The molecule has 0 spiro atoms. The quantitative estimate of drug-likeness (QED) is 0.219. The Bertz CT molecular complexity index is 158. The molecular weight excluding hydrogens is 272 g/mol. The second kappa shape index (κ2) is 15.1. The maximum absolute atomic E-state index is 5.79. The monoisotopic (exact) mass is 306 g/mol. The number of thiol groups is 2. The van der Waals surface area contributed by atoms with E-state index in [-0.39, 0.29) is 10.9 Å². The van der Waals surface area contributed by atoms with Crippen molar-refractivity contribution in [1.82, 2.24) is 0 Å². The molecule has 0 saturated carbocycles. The van der Waals surface area contributed by atoms with Crippen molar-refractivity contribution in [3.05, 3.63) is 0 Å². The SMILES string of the molecule is CCCCCCCC(S)OC(S)CCCCCCC. The molecule has 1 nitrogen and oxygen atoms in total. The maximum atomic E-state index is 5.79. The molecule has 0 rings (SSSR count). The Labute approximate surface area is 132 Å². The highest BCUT2D eigenvalue weighted by atomic mass is 32.1. The first-order chi connectivity index (χ1) is 9.20. The summed E-state index contributed by atoms with van der Waals surface area (Å²) in [6.07, 6.45) is 15.2. The molecule has 0 aliphatic carbocycles. The molecule has 0 aliphatic heterocycles. The first-order valence-electron chi connectivity index (χ1n) is 8.22. The predicted molar refractivity (Wildman–Crippen MR) is 93.4 cm³/mol. The van der Waals surface area contributed by atoms with Crippen LogP contribution in [-0.4, -0.2) is 10.9 Å². The van der Waals surface area contributed by atoms with Gasteiger partial charge in [-0.1, -0.05) is 78.1 Å². The van der Waals surface area contributed by atoms with Crippen molar-refractivity contribution >= 4 is 25.3 Å². The summed E-state index contributed by atoms with van der Waals surface area (Å²) >= 11 is 9.00. The summed E-state index contributed by atoms with van der Waals surface area (Å²) in [7, 11) is 0. The van der Waals surface area contributed by atoms with E-state index >= 15 is 0 Å². The Morgan fingerprint density at radius 3 is 1.37 bits per heavy atom. The number of hydrogen-bond acceptors (Lipinski definition) is 3. The molecule has 0 aromatic carbocycles. The minimum atomic E-state index is 0.0692. The average Bonchev–Trinajstić information content (AvgIpc) is 2.38. The van der Waals surface area contributed by atoms with Gasteiger partial charge in [0.15, 0.2) is 0 Å². The fourth-order valence-corrected chi connectivity index (χ4v) is 2.92. The van der Waals surface area contributed by atoms with Crippen molar-refractivity contribution < 1.29 is 4.74 Å². The molecule has 0 heterocycles. The summed E-state index contributed by atoms with van der Waals surface area (Å²) in [5, 5.41) is 0. The molecule has 116 valence electrons. The molecule has 19 heavy (non-hydrogen) atoms. The molecule has 2 atom stereocenters. The third kappa shape index (κ3) is 14.9. The van der Waals surface area contributed by atoms with Gasteiger partial charge >= 0.3 is 0 Å². The average molecular weight is 307 g/mol. The molecule has 0 N–H and O–H groups in total. The van der Waals surface area contributed by atoms with Crippen LogP contribution in [0, 0.1) is 0 Å². The molecule has 0 aliphatic rings. The largest absolute Gasteiger partial charge is 0.354 e. The second-order valence-electron chi connectivity index (χ2n) is 5.45. The van der Waals surface area contributed by atoms with E-state index in [4.69, 9.17) is 4.74 Å². The second-order valence-corrected chi connectivity index (χ2v) is 6.60. The van der Waals surface area contributed by atoms with Gasteiger partial charge in [0.05, 0.1) is 0 Å². The Morgan fingerprint density at radius 2 is 1.00 bits per heavy atom. The van der Waals surface area contributed by atoms with Gasteiger partial charge in [-0.25, -0.2) is 0 Å². The Kier molecular flexibility index (Phi) is 15.6. The summed E-state index contributed by atoms with van der Waals surface area (Å²) in [6.45, 7) is 4.49. The van der Waals surface area contributed by atoms with Crippen LogP contribution in [0.2, 0.25) is 0 Å². The Morgan fingerprint density at radius 1 is 0.632 bits per heavy atom. The van der Waals surface area contributed by atoms with Crippen LogP contribution >= 0.6 is 25.3 Å². The summed E-state index contributed by atoms with van der Waals surface area (Å²) in [6, 6.07) is 0. The molecule has 0 amide bonds. The topological polar surface area (TPSA) is 9.23 Å². The lowest BCUT2D eigenvalue weighted by Gasteiger charge is -2.17. The van der Waals surface area contributed by atoms with E-state index in [0.717, 1.165) is 12.8 Å².